The fourth-order valence-corrected chi connectivity index (χ4v) is 3.31. The van der Waals surface area contributed by atoms with Gasteiger partial charge in [0.15, 0.2) is 0 Å². The van der Waals surface area contributed by atoms with Gasteiger partial charge in [0, 0.05) is 6.08 Å². The van der Waals surface area contributed by atoms with Gasteiger partial charge in [0.2, 0.25) is 0 Å². The molecule has 0 saturated heterocycles. The summed E-state index contributed by atoms with van der Waals surface area (Å²) in [5.74, 6) is 0.449. The summed E-state index contributed by atoms with van der Waals surface area (Å²) in [5.41, 5.74) is 2.06. The van der Waals surface area contributed by atoms with Crippen LogP contribution < -0.4 is 0 Å². The van der Waals surface area contributed by atoms with Gasteiger partial charge in [-0.15, -0.1) is 0 Å². The van der Waals surface area contributed by atoms with E-state index in [1.165, 1.54) is 18.4 Å². The lowest BCUT2D eigenvalue weighted by atomic mass is 9.84. The fourth-order valence-electron chi connectivity index (χ4n) is 3.31. The molecule has 2 unspecified atom stereocenters. The van der Waals surface area contributed by atoms with E-state index in [1.54, 1.807) is 6.08 Å². The van der Waals surface area contributed by atoms with Crippen molar-refractivity contribution in [3.63, 3.8) is 0 Å². The molecular weight excluding hydrogens is 300 g/mol. The highest BCUT2D eigenvalue weighted by atomic mass is 16.5. The SMILES string of the molecule is CCOC(=O)C=C1C=C(CC(CC)CCCC(C)(O)CC)CCC1. The number of hydrogen-bond acceptors (Lipinski definition) is 3. The Kier molecular flexibility index (Phi) is 9.35. The van der Waals surface area contributed by atoms with Crippen LogP contribution in [0.1, 0.15) is 85.5 Å². The van der Waals surface area contributed by atoms with Gasteiger partial charge in [-0.2, -0.15) is 0 Å². The molecule has 0 fully saturated rings. The molecule has 1 aliphatic carbocycles. The van der Waals surface area contributed by atoms with Crippen molar-refractivity contribution in [1.82, 2.24) is 0 Å². The number of carbonyl (C=O) groups excluding carboxylic acids is 1. The van der Waals surface area contributed by atoms with E-state index >= 15 is 0 Å². The van der Waals surface area contributed by atoms with Gasteiger partial charge in [0.05, 0.1) is 12.2 Å². The molecular formula is C21H36O3. The Morgan fingerprint density at radius 3 is 2.75 bits per heavy atom. The minimum atomic E-state index is -0.516. The van der Waals surface area contributed by atoms with Crippen molar-refractivity contribution in [3.8, 4) is 0 Å². The average Bonchev–Trinajstić information content (AvgIpc) is 2.54. The number of ether oxygens (including phenoxy) is 1. The molecule has 0 bridgehead atoms. The Morgan fingerprint density at radius 2 is 2.12 bits per heavy atom. The van der Waals surface area contributed by atoms with E-state index in [2.05, 4.69) is 13.0 Å². The molecule has 3 heteroatoms. The van der Waals surface area contributed by atoms with E-state index in [9.17, 15) is 9.90 Å². The molecule has 0 aromatic rings. The Hall–Kier alpha value is -1.09. The molecule has 0 aromatic carbocycles. The van der Waals surface area contributed by atoms with Crippen molar-refractivity contribution in [2.45, 2.75) is 91.1 Å². The summed E-state index contributed by atoms with van der Waals surface area (Å²) in [5, 5.41) is 10.1. The topological polar surface area (TPSA) is 46.5 Å². The molecule has 1 N–H and O–H groups in total. The third kappa shape index (κ3) is 8.14. The van der Waals surface area contributed by atoms with Gasteiger partial charge in [0.25, 0.3) is 0 Å². The largest absolute Gasteiger partial charge is 0.463 e. The summed E-state index contributed by atoms with van der Waals surface area (Å²) >= 11 is 0. The van der Waals surface area contributed by atoms with Crippen LogP contribution in [0.5, 0.6) is 0 Å². The summed E-state index contributed by atoms with van der Waals surface area (Å²) in [6.07, 6.45) is 13.3. The molecule has 0 spiro atoms. The number of aliphatic hydroxyl groups is 1. The molecule has 1 rings (SSSR count). The second-order valence-electron chi connectivity index (χ2n) is 7.35. The summed E-state index contributed by atoms with van der Waals surface area (Å²) in [6, 6.07) is 0. The summed E-state index contributed by atoms with van der Waals surface area (Å²) in [4.78, 5) is 11.6. The molecule has 0 heterocycles. The van der Waals surface area contributed by atoms with E-state index in [4.69, 9.17) is 4.74 Å². The van der Waals surface area contributed by atoms with Gasteiger partial charge in [-0.05, 0) is 63.9 Å². The van der Waals surface area contributed by atoms with E-state index < -0.39 is 5.60 Å². The van der Waals surface area contributed by atoms with Gasteiger partial charge in [-0.25, -0.2) is 4.79 Å². The first-order valence-electron chi connectivity index (χ1n) is 9.69. The average molecular weight is 337 g/mol. The molecule has 3 nitrogen and oxygen atoms in total. The van der Waals surface area contributed by atoms with Crippen LogP contribution in [0.2, 0.25) is 0 Å². The van der Waals surface area contributed by atoms with E-state index in [0.29, 0.717) is 12.5 Å². The predicted octanol–water partition coefficient (Wildman–Crippen LogP) is 5.33. The van der Waals surface area contributed by atoms with Gasteiger partial charge < -0.3 is 9.84 Å². The molecule has 24 heavy (non-hydrogen) atoms. The number of allylic oxidation sites excluding steroid dienone is 3. The number of hydrogen-bond donors (Lipinski definition) is 1. The van der Waals surface area contributed by atoms with E-state index in [0.717, 1.165) is 50.5 Å². The highest BCUT2D eigenvalue weighted by molar-refractivity contribution is 5.83. The van der Waals surface area contributed by atoms with Crippen LogP contribution in [0.4, 0.5) is 0 Å². The fraction of sp³-hybridized carbons (Fsp3) is 0.762. The van der Waals surface area contributed by atoms with Gasteiger partial charge >= 0.3 is 5.97 Å². The summed E-state index contributed by atoms with van der Waals surface area (Å²) in [6.45, 7) is 8.49. The molecule has 0 saturated carbocycles. The number of rotatable bonds is 10. The predicted molar refractivity (Wildman–Crippen MR) is 99.8 cm³/mol. The van der Waals surface area contributed by atoms with Gasteiger partial charge in [-0.1, -0.05) is 44.8 Å². The maximum absolute atomic E-state index is 11.6. The van der Waals surface area contributed by atoms with Crippen molar-refractivity contribution in [1.29, 1.82) is 0 Å². The highest BCUT2D eigenvalue weighted by Gasteiger charge is 2.19. The molecule has 0 aliphatic heterocycles. The minimum Gasteiger partial charge on any atom is -0.463 e. The zero-order chi connectivity index (χ0) is 18.0. The van der Waals surface area contributed by atoms with Crippen LogP contribution in [0, 0.1) is 5.92 Å². The van der Waals surface area contributed by atoms with Crippen LogP contribution in [0.3, 0.4) is 0 Å². The van der Waals surface area contributed by atoms with Crippen LogP contribution >= 0.6 is 0 Å². The first-order chi connectivity index (χ1) is 11.4. The molecule has 0 aromatic heterocycles. The van der Waals surface area contributed by atoms with Crippen molar-refractivity contribution in [2.24, 2.45) is 5.92 Å². The normalized spacial score (nSPS) is 20.4. The zero-order valence-electron chi connectivity index (χ0n) is 16.1. The number of esters is 1. The maximum Gasteiger partial charge on any atom is 0.331 e. The first kappa shape index (κ1) is 21.0. The first-order valence-corrected chi connectivity index (χ1v) is 9.69. The van der Waals surface area contributed by atoms with Gasteiger partial charge in [-0.3, -0.25) is 0 Å². The van der Waals surface area contributed by atoms with E-state index in [1.807, 2.05) is 20.8 Å². The Morgan fingerprint density at radius 1 is 1.38 bits per heavy atom. The monoisotopic (exact) mass is 336 g/mol. The molecule has 138 valence electrons. The second-order valence-corrected chi connectivity index (χ2v) is 7.35. The van der Waals surface area contributed by atoms with Crippen LogP contribution in [0.15, 0.2) is 23.3 Å². The smallest absolute Gasteiger partial charge is 0.331 e. The summed E-state index contributed by atoms with van der Waals surface area (Å²) in [7, 11) is 0. The van der Waals surface area contributed by atoms with Crippen molar-refractivity contribution in [2.75, 3.05) is 6.61 Å². The minimum absolute atomic E-state index is 0.223. The van der Waals surface area contributed by atoms with Gasteiger partial charge in [0.1, 0.15) is 0 Å². The Labute approximate surface area is 148 Å². The Bertz CT molecular complexity index is 446. The zero-order valence-corrected chi connectivity index (χ0v) is 16.1. The van der Waals surface area contributed by atoms with Crippen LogP contribution in [-0.4, -0.2) is 23.3 Å². The third-order valence-electron chi connectivity index (χ3n) is 5.16. The maximum atomic E-state index is 11.6. The highest BCUT2D eigenvalue weighted by Crippen LogP contribution is 2.30. The lowest BCUT2D eigenvalue weighted by Crippen LogP contribution is -2.22. The number of carbonyl (C=O) groups is 1. The second kappa shape index (κ2) is 10.7. The standard InChI is InChI=1S/C21H36O3/c1-5-17(12-9-13-21(4,23)6-2)14-18-10-8-11-19(15-18)16-20(22)24-7-3/h15-17,23H,5-14H2,1-4H3. The third-order valence-corrected chi connectivity index (χ3v) is 5.16. The van der Waals surface area contributed by atoms with Crippen molar-refractivity contribution >= 4 is 5.97 Å². The molecule has 0 radical (unpaired) electrons. The van der Waals surface area contributed by atoms with Crippen LogP contribution in [0.25, 0.3) is 0 Å². The lowest BCUT2D eigenvalue weighted by Gasteiger charge is -2.24. The summed E-state index contributed by atoms with van der Waals surface area (Å²) < 4.78 is 5.01. The Balaban J connectivity index is 2.54. The van der Waals surface area contributed by atoms with E-state index in [-0.39, 0.29) is 5.97 Å². The molecule has 1 aliphatic rings. The lowest BCUT2D eigenvalue weighted by molar-refractivity contribution is -0.137. The molecule has 2 atom stereocenters. The quantitative estimate of drug-likeness (QED) is 0.433. The van der Waals surface area contributed by atoms with Crippen molar-refractivity contribution < 1.29 is 14.6 Å². The van der Waals surface area contributed by atoms with Crippen molar-refractivity contribution in [3.05, 3.63) is 23.3 Å². The van der Waals surface area contributed by atoms with Crippen LogP contribution in [-0.2, 0) is 9.53 Å². The molecule has 0 amide bonds.